The summed E-state index contributed by atoms with van der Waals surface area (Å²) < 4.78 is 6.01. The molecule has 0 aliphatic rings. The Morgan fingerprint density at radius 3 is 2.58 bits per heavy atom. The van der Waals surface area contributed by atoms with Crippen LogP contribution in [-0.4, -0.2) is 4.98 Å². The number of hydrogen-bond acceptors (Lipinski definition) is 5. The van der Waals surface area contributed by atoms with Crippen molar-refractivity contribution >= 4 is 27.4 Å². The highest BCUT2D eigenvalue weighted by Crippen LogP contribution is 2.29. The molecule has 0 saturated carbocycles. The normalized spacial score (nSPS) is 11.0. The minimum absolute atomic E-state index is 0.0276. The number of benzene rings is 2. The molecule has 0 spiro atoms. The van der Waals surface area contributed by atoms with Crippen LogP contribution in [0.4, 0.5) is 5.13 Å². The maximum atomic E-state index is 12.8. The fourth-order valence-corrected chi connectivity index (χ4v) is 3.30. The number of hydrogen-bond donors (Lipinski definition) is 1. The fraction of sp³-hybridized carbons (Fsp3) is 0.0526. The summed E-state index contributed by atoms with van der Waals surface area (Å²) in [5.74, 6) is 0.610. The zero-order valence-electron chi connectivity index (χ0n) is 12.9. The number of rotatable bonds is 2. The molecule has 2 aromatic carbocycles. The fourth-order valence-electron chi connectivity index (χ4n) is 2.73. The van der Waals surface area contributed by atoms with Crippen LogP contribution in [0.5, 0.6) is 0 Å². The molecular weight excluding hydrogens is 320 g/mol. The van der Waals surface area contributed by atoms with E-state index in [1.165, 1.54) is 11.3 Å². The van der Waals surface area contributed by atoms with E-state index in [9.17, 15) is 4.79 Å². The lowest BCUT2D eigenvalue weighted by atomic mass is 10.0. The van der Waals surface area contributed by atoms with Crippen molar-refractivity contribution < 1.29 is 4.42 Å². The summed E-state index contributed by atoms with van der Waals surface area (Å²) in [5, 5.41) is 2.94. The topological polar surface area (TPSA) is 69.1 Å². The first kappa shape index (κ1) is 14.7. The maximum Gasteiger partial charge on any atom is 0.196 e. The van der Waals surface area contributed by atoms with Gasteiger partial charge in [-0.1, -0.05) is 30.3 Å². The lowest BCUT2D eigenvalue weighted by Gasteiger charge is -2.08. The summed E-state index contributed by atoms with van der Waals surface area (Å²) in [5.41, 5.74) is 9.35. The number of aromatic nitrogens is 1. The van der Waals surface area contributed by atoms with Gasteiger partial charge in [0.05, 0.1) is 11.1 Å². The van der Waals surface area contributed by atoms with Gasteiger partial charge < -0.3 is 10.2 Å². The van der Waals surface area contributed by atoms with Gasteiger partial charge >= 0.3 is 0 Å². The molecule has 2 aromatic heterocycles. The van der Waals surface area contributed by atoms with E-state index in [-0.39, 0.29) is 5.43 Å². The molecule has 0 saturated heterocycles. The van der Waals surface area contributed by atoms with Crippen molar-refractivity contribution in [1.82, 2.24) is 4.98 Å². The van der Waals surface area contributed by atoms with Crippen LogP contribution in [0.2, 0.25) is 0 Å². The second-order valence-corrected chi connectivity index (χ2v) is 6.42. The molecule has 4 nitrogen and oxygen atoms in total. The van der Waals surface area contributed by atoms with Crippen molar-refractivity contribution in [2.75, 3.05) is 5.73 Å². The Kier molecular flexibility index (Phi) is 3.43. The average molecular weight is 334 g/mol. The van der Waals surface area contributed by atoms with Crippen LogP contribution in [0.15, 0.2) is 63.1 Å². The Morgan fingerprint density at radius 1 is 1.08 bits per heavy atom. The van der Waals surface area contributed by atoms with Crippen LogP contribution in [0.1, 0.15) is 5.56 Å². The van der Waals surface area contributed by atoms with Gasteiger partial charge in [-0.3, -0.25) is 4.79 Å². The Morgan fingerprint density at radius 2 is 1.88 bits per heavy atom. The highest BCUT2D eigenvalue weighted by molar-refractivity contribution is 7.13. The first-order chi connectivity index (χ1) is 11.6. The third kappa shape index (κ3) is 2.39. The minimum atomic E-state index is -0.0276. The smallest absolute Gasteiger partial charge is 0.196 e. The molecule has 4 aromatic rings. The molecule has 0 bridgehead atoms. The number of thiazole rings is 1. The van der Waals surface area contributed by atoms with Gasteiger partial charge in [-0.25, -0.2) is 4.98 Å². The first-order valence-electron chi connectivity index (χ1n) is 7.48. The Balaban J connectivity index is 1.94. The number of fused-ring (bicyclic) bond motifs is 1. The van der Waals surface area contributed by atoms with Gasteiger partial charge in [0.15, 0.2) is 10.6 Å². The molecule has 0 unspecified atom stereocenters. The van der Waals surface area contributed by atoms with Gasteiger partial charge in [0.25, 0.3) is 0 Å². The quantitative estimate of drug-likeness (QED) is 0.587. The molecule has 0 amide bonds. The van der Waals surface area contributed by atoms with Crippen molar-refractivity contribution in [3.63, 3.8) is 0 Å². The molecule has 2 N–H and O–H groups in total. The molecule has 2 heterocycles. The third-order valence-corrected chi connectivity index (χ3v) is 4.64. The molecule has 24 heavy (non-hydrogen) atoms. The number of nitrogen functional groups attached to an aromatic ring is 1. The van der Waals surface area contributed by atoms with Gasteiger partial charge in [-0.05, 0) is 25.1 Å². The first-order valence-corrected chi connectivity index (χ1v) is 8.36. The van der Waals surface area contributed by atoms with Crippen LogP contribution < -0.4 is 11.2 Å². The van der Waals surface area contributed by atoms with E-state index in [0.717, 1.165) is 16.8 Å². The summed E-state index contributed by atoms with van der Waals surface area (Å²) in [7, 11) is 0. The predicted molar refractivity (Wildman–Crippen MR) is 98.2 cm³/mol. The van der Waals surface area contributed by atoms with Gasteiger partial charge in [0.2, 0.25) is 0 Å². The Labute approximate surface area is 142 Å². The van der Waals surface area contributed by atoms with Crippen LogP contribution in [0.25, 0.3) is 33.6 Å². The van der Waals surface area contributed by atoms with Gasteiger partial charge in [0.1, 0.15) is 11.3 Å². The minimum Gasteiger partial charge on any atom is -0.456 e. The second-order valence-electron chi connectivity index (χ2n) is 5.53. The van der Waals surface area contributed by atoms with Crippen LogP contribution in [-0.2, 0) is 0 Å². The summed E-state index contributed by atoms with van der Waals surface area (Å²) in [4.78, 5) is 17.1. The summed E-state index contributed by atoms with van der Waals surface area (Å²) >= 11 is 1.38. The highest BCUT2D eigenvalue weighted by atomic mass is 32.1. The molecule has 5 heteroatoms. The molecular formula is C19H14N2O2S. The van der Waals surface area contributed by atoms with E-state index < -0.39 is 0 Å². The molecule has 0 aliphatic heterocycles. The van der Waals surface area contributed by atoms with Crippen LogP contribution >= 0.6 is 11.3 Å². The lowest BCUT2D eigenvalue weighted by Crippen LogP contribution is -2.07. The Hall–Kier alpha value is -2.92. The van der Waals surface area contributed by atoms with Crippen molar-refractivity contribution in [1.29, 1.82) is 0 Å². The molecule has 0 fully saturated rings. The average Bonchev–Trinajstić information content (AvgIpc) is 3.05. The zero-order chi connectivity index (χ0) is 16.7. The molecule has 0 atom stereocenters. The third-order valence-electron chi connectivity index (χ3n) is 3.97. The SMILES string of the molecule is Cc1c(-c2ccccc2)oc2ccc(-c3csc(N)n3)cc2c1=O. The largest absolute Gasteiger partial charge is 0.456 e. The van der Waals surface area contributed by atoms with Crippen LogP contribution in [0, 0.1) is 6.92 Å². The monoisotopic (exact) mass is 334 g/mol. The highest BCUT2D eigenvalue weighted by Gasteiger charge is 2.14. The zero-order valence-corrected chi connectivity index (χ0v) is 13.8. The standard InChI is InChI=1S/C19H14N2O2S/c1-11-17(22)14-9-13(15-10-24-19(20)21-15)7-8-16(14)23-18(11)12-5-3-2-4-6-12/h2-10H,1H3,(H2,20,21). The van der Waals surface area contributed by atoms with Crippen molar-refractivity contribution in [3.8, 4) is 22.6 Å². The van der Waals surface area contributed by atoms with Crippen molar-refractivity contribution in [3.05, 3.63) is 69.7 Å². The Bertz CT molecular complexity index is 1100. The number of anilines is 1. The predicted octanol–water partition coefficient (Wildman–Crippen LogP) is 4.47. The van der Waals surface area contributed by atoms with Crippen LogP contribution in [0.3, 0.4) is 0 Å². The molecule has 0 aliphatic carbocycles. The lowest BCUT2D eigenvalue weighted by molar-refractivity contribution is 0.614. The molecule has 118 valence electrons. The van der Waals surface area contributed by atoms with E-state index in [0.29, 0.717) is 27.4 Å². The maximum absolute atomic E-state index is 12.8. The van der Waals surface area contributed by atoms with E-state index in [2.05, 4.69) is 4.98 Å². The van der Waals surface area contributed by atoms with E-state index in [1.54, 1.807) is 6.92 Å². The summed E-state index contributed by atoms with van der Waals surface area (Å²) in [6.45, 7) is 1.79. The summed E-state index contributed by atoms with van der Waals surface area (Å²) in [6.07, 6.45) is 0. The van der Waals surface area contributed by atoms with Gasteiger partial charge in [-0.15, -0.1) is 11.3 Å². The molecule has 4 rings (SSSR count). The second kappa shape index (κ2) is 5.62. The number of nitrogens with zero attached hydrogens (tertiary/aromatic N) is 1. The molecule has 0 radical (unpaired) electrons. The number of nitrogens with two attached hydrogens (primary N) is 1. The van der Waals surface area contributed by atoms with E-state index in [1.807, 2.05) is 53.9 Å². The van der Waals surface area contributed by atoms with Crippen molar-refractivity contribution in [2.45, 2.75) is 6.92 Å². The van der Waals surface area contributed by atoms with Gasteiger partial charge in [-0.2, -0.15) is 0 Å². The van der Waals surface area contributed by atoms with E-state index >= 15 is 0 Å². The van der Waals surface area contributed by atoms with Crippen molar-refractivity contribution in [2.24, 2.45) is 0 Å². The van der Waals surface area contributed by atoms with E-state index in [4.69, 9.17) is 10.2 Å². The van der Waals surface area contributed by atoms with Gasteiger partial charge in [0, 0.05) is 22.1 Å². The summed E-state index contributed by atoms with van der Waals surface area (Å²) in [6, 6.07) is 15.2.